The van der Waals surface area contributed by atoms with Gasteiger partial charge < -0.3 is 4.74 Å². The van der Waals surface area contributed by atoms with E-state index < -0.39 is 11.9 Å². The number of alkyl halides is 3. The van der Waals surface area contributed by atoms with Gasteiger partial charge in [0.1, 0.15) is 0 Å². The quantitative estimate of drug-likeness (QED) is 0.803. The Kier molecular flexibility index (Phi) is 3.18. The molecule has 3 nitrogen and oxygen atoms in total. The molecule has 90 valence electrons. The van der Waals surface area contributed by atoms with Gasteiger partial charge in [0.05, 0.1) is 6.10 Å². The third kappa shape index (κ3) is 2.75. The lowest BCUT2D eigenvalue weighted by Crippen LogP contribution is -2.12. The van der Waals surface area contributed by atoms with E-state index in [-0.39, 0.29) is 6.10 Å². The zero-order valence-electron chi connectivity index (χ0n) is 8.70. The van der Waals surface area contributed by atoms with Crippen LogP contribution in [0.3, 0.4) is 0 Å². The van der Waals surface area contributed by atoms with Crippen LogP contribution in [0.4, 0.5) is 13.2 Å². The van der Waals surface area contributed by atoms with Crippen molar-refractivity contribution in [1.82, 2.24) is 9.78 Å². The Morgan fingerprint density at radius 2 is 2.31 bits per heavy atom. The van der Waals surface area contributed by atoms with Crippen LogP contribution >= 0.6 is 0 Å². The summed E-state index contributed by atoms with van der Waals surface area (Å²) in [7, 11) is 0. The van der Waals surface area contributed by atoms with Gasteiger partial charge in [0.15, 0.2) is 5.69 Å². The molecule has 0 amide bonds. The molecule has 1 aromatic heterocycles. The number of aryl methyl sites for hydroxylation is 1. The highest BCUT2D eigenvalue weighted by atomic mass is 19.4. The summed E-state index contributed by atoms with van der Waals surface area (Å²) in [6.07, 6.45) is -0.0601. The smallest absolute Gasteiger partial charge is 0.378 e. The van der Waals surface area contributed by atoms with E-state index >= 15 is 0 Å². The summed E-state index contributed by atoms with van der Waals surface area (Å²) in [5.74, 6) is 0. The molecule has 0 aliphatic carbocycles. The fourth-order valence-corrected chi connectivity index (χ4v) is 1.79. The van der Waals surface area contributed by atoms with Crippen LogP contribution in [0.15, 0.2) is 12.3 Å². The highest BCUT2D eigenvalue weighted by Gasteiger charge is 2.33. The molecule has 1 aliphatic heterocycles. The average molecular weight is 234 g/mol. The van der Waals surface area contributed by atoms with Gasteiger partial charge in [-0.25, -0.2) is 0 Å². The molecule has 1 aliphatic rings. The van der Waals surface area contributed by atoms with Crippen LogP contribution < -0.4 is 0 Å². The number of aromatic nitrogens is 2. The van der Waals surface area contributed by atoms with Crippen LogP contribution in [-0.2, 0) is 17.5 Å². The van der Waals surface area contributed by atoms with E-state index in [0.29, 0.717) is 6.54 Å². The Balaban J connectivity index is 1.87. The monoisotopic (exact) mass is 234 g/mol. The maximum absolute atomic E-state index is 12.2. The molecule has 6 heteroatoms. The normalized spacial score (nSPS) is 21.6. The van der Waals surface area contributed by atoms with Crippen molar-refractivity contribution in [2.45, 2.75) is 38.1 Å². The molecule has 0 spiro atoms. The maximum atomic E-state index is 12.2. The average Bonchev–Trinajstić information content (AvgIpc) is 2.85. The summed E-state index contributed by atoms with van der Waals surface area (Å²) in [5, 5.41) is 3.48. The van der Waals surface area contributed by atoms with E-state index in [1.807, 2.05) is 0 Å². The number of nitrogens with zero attached hydrogens (tertiary/aromatic N) is 2. The number of halogens is 3. The molecular weight excluding hydrogens is 221 g/mol. The first-order chi connectivity index (χ1) is 7.55. The molecule has 16 heavy (non-hydrogen) atoms. The predicted octanol–water partition coefficient (Wildman–Crippen LogP) is 2.47. The molecule has 0 aromatic carbocycles. The summed E-state index contributed by atoms with van der Waals surface area (Å²) in [4.78, 5) is 0. The predicted molar refractivity (Wildman–Crippen MR) is 50.8 cm³/mol. The van der Waals surface area contributed by atoms with Crippen LogP contribution in [0, 0.1) is 0 Å². The van der Waals surface area contributed by atoms with Gasteiger partial charge in [-0.2, -0.15) is 18.3 Å². The van der Waals surface area contributed by atoms with Crippen molar-refractivity contribution in [3.63, 3.8) is 0 Å². The Hall–Kier alpha value is -1.04. The Morgan fingerprint density at radius 1 is 1.50 bits per heavy atom. The van der Waals surface area contributed by atoms with E-state index in [1.54, 1.807) is 0 Å². The van der Waals surface area contributed by atoms with Crippen molar-refractivity contribution in [2.75, 3.05) is 6.61 Å². The minimum absolute atomic E-state index is 0.179. The van der Waals surface area contributed by atoms with Crippen LogP contribution in [-0.4, -0.2) is 22.5 Å². The number of rotatable bonds is 3. The Labute approximate surface area is 91.2 Å². The molecule has 1 unspecified atom stereocenters. The summed E-state index contributed by atoms with van der Waals surface area (Å²) in [5.41, 5.74) is -0.833. The van der Waals surface area contributed by atoms with Gasteiger partial charge in [0.2, 0.25) is 0 Å². The molecule has 0 saturated carbocycles. The standard InChI is InChI=1S/C10H13F3N2O/c11-10(12,13)9-4-6-15(14-9)5-3-8-2-1-7-16-8/h4,6,8H,1-3,5,7H2. The second-order valence-corrected chi connectivity index (χ2v) is 3.89. The SMILES string of the molecule is FC(F)(F)c1ccn(CCC2CCCO2)n1. The topological polar surface area (TPSA) is 27.1 Å². The van der Waals surface area contributed by atoms with Gasteiger partial charge in [0.25, 0.3) is 0 Å². The number of ether oxygens (including phenoxy) is 1. The second-order valence-electron chi connectivity index (χ2n) is 3.89. The molecule has 0 bridgehead atoms. The molecule has 0 radical (unpaired) electrons. The Morgan fingerprint density at radius 3 is 2.88 bits per heavy atom. The summed E-state index contributed by atoms with van der Waals surface area (Å²) >= 11 is 0. The fourth-order valence-electron chi connectivity index (χ4n) is 1.79. The first-order valence-electron chi connectivity index (χ1n) is 5.28. The summed E-state index contributed by atoms with van der Waals surface area (Å²) in [6.45, 7) is 1.23. The molecule has 2 rings (SSSR count). The number of hydrogen-bond acceptors (Lipinski definition) is 2. The second kappa shape index (κ2) is 4.45. The van der Waals surface area contributed by atoms with E-state index in [1.165, 1.54) is 10.9 Å². The molecule has 1 fully saturated rings. The van der Waals surface area contributed by atoms with Gasteiger partial charge >= 0.3 is 6.18 Å². The largest absolute Gasteiger partial charge is 0.435 e. The van der Waals surface area contributed by atoms with E-state index in [2.05, 4.69) is 5.10 Å². The Bertz CT molecular complexity index is 342. The van der Waals surface area contributed by atoms with Gasteiger partial charge in [-0.05, 0) is 25.3 Å². The van der Waals surface area contributed by atoms with Crippen LogP contribution in [0.25, 0.3) is 0 Å². The molecule has 0 N–H and O–H groups in total. The van der Waals surface area contributed by atoms with Gasteiger partial charge in [-0.1, -0.05) is 0 Å². The van der Waals surface area contributed by atoms with Crippen LogP contribution in [0.1, 0.15) is 25.0 Å². The lowest BCUT2D eigenvalue weighted by Gasteiger charge is -2.08. The van der Waals surface area contributed by atoms with Crippen molar-refractivity contribution >= 4 is 0 Å². The van der Waals surface area contributed by atoms with Crippen molar-refractivity contribution in [2.24, 2.45) is 0 Å². The molecule has 1 saturated heterocycles. The molecule has 1 aromatic rings. The minimum atomic E-state index is -4.35. The van der Waals surface area contributed by atoms with Crippen LogP contribution in [0.2, 0.25) is 0 Å². The molecule has 2 heterocycles. The highest BCUT2D eigenvalue weighted by molar-refractivity contribution is 5.03. The third-order valence-electron chi connectivity index (χ3n) is 2.64. The van der Waals surface area contributed by atoms with E-state index in [0.717, 1.165) is 31.9 Å². The van der Waals surface area contributed by atoms with Gasteiger partial charge in [0, 0.05) is 19.3 Å². The zero-order chi connectivity index (χ0) is 11.6. The fraction of sp³-hybridized carbons (Fsp3) is 0.700. The van der Waals surface area contributed by atoms with Gasteiger partial charge in [-0.15, -0.1) is 0 Å². The van der Waals surface area contributed by atoms with Crippen LogP contribution in [0.5, 0.6) is 0 Å². The van der Waals surface area contributed by atoms with Crippen molar-refractivity contribution in [3.8, 4) is 0 Å². The van der Waals surface area contributed by atoms with Gasteiger partial charge in [-0.3, -0.25) is 4.68 Å². The lowest BCUT2D eigenvalue weighted by atomic mass is 10.2. The molecule has 1 atom stereocenters. The molecular formula is C10H13F3N2O. The zero-order valence-corrected chi connectivity index (χ0v) is 8.70. The summed E-state index contributed by atoms with van der Waals surface area (Å²) in [6, 6.07) is 0.996. The maximum Gasteiger partial charge on any atom is 0.435 e. The first-order valence-corrected chi connectivity index (χ1v) is 5.28. The van der Waals surface area contributed by atoms with E-state index in [9.17, 15) is 13.2 Å². The highest BCUT2D eigenvalue weighted by Crippen LogP contribution is 2.27. The lowest BCUT2D eigenvalue weighted by molar-refractivity contribution is -0.141. The number of hydrogen-bond donors (Lipinski definition) is 0. The van der Waals surface area contributed by atoms with Crippen molar-refractivity contribution < 1.29 is 17.9 Å². The minimum Gasteiger partial charge on any atom is -0.378 e. The first kappa shape index (κ1) is 11.4. The van der Waals surface area contributed by atoms with Crippen molar-refractivity contribution in [1.29, 1.82) is 0 Å². The summed E-state index contributed by atoms with van der Waals surface area (Å²) < 4.78 is 43.4. The van der Waals surface area contributed by atoms with Crippen molar-refractivity contribution in [3.05, 3.63) is 18.0 Å². The van der Waals surface area contributed by atoms with E-state index in [4.69, 9.17) is 4.74 Å². The third-order valence-corrected chi connectivity index (χ3v) is 2.64.